The Kier molecular flexibility index (Phi) is 12.8. The lowest BCUT2D eigenvalue weighted by Crippen LogP contribution is -2.47. The first-order valence-corrected chi connectivity index (χ1v) is 8.53. The first kappa shape index (κ1) is 26.0. The fourth-order valence-electron chi connectivity index (χ4n) is 2.91. The van der Waals surface area contributed by atoms with Crippen LogP contribution in [0, 0.1) is 0 Å². The lowest BCUT2D eigenvalue weighted by Gasteiger charge is -2.33. The molecule has 1 N–H and O–H groups in total. The molecule has 1 saturated heterocycles. The van der Waals surface area contributed by atoms with Crippen LogP contribution >= 0.6 is 24.8 Å². The van der Waals surface area contributed by atoms with Crippen LogP contribution in [0.5, 0.6) is 17.2 Å². The van der Waals surface area contributed by atoms with Crippen LogP contribution in [0.3, 0.4) is 0 Å². The number of hydrogen-bond acceptors (Lipinski definition) is 7. The predicted octanol–water partition coefficient (Wildman–Crippen LogP) is 1.68. The Hall–Kier alpha value is -0.960. The van der Waals surface area contributed by atoms with Gasteiger partial charge in [0.2, 0.25) is 5.75 Å². The van der Waals surface area contributed by atoms with Crippen molar-refractivity contribution in [3.63, 3.8) is 0 Å². The minimum absolute atomic E-state index is 0. The fourth-order valence-corrected chi connectivity index (χ4v) is 2.91. The smallest absolute Gasteiger partial charge is 0.203 e. The molecule has 1 aliphatic rings. The molecule has 0 radical (unpaired) electrons. The Morgan fingerprint density at radius 1 is 0.963 bits per heavy atom. The van der Waals surface area contributed by atoms with Crippen molar-refractivity contribution in [2.45, 2.75) is 12.7 Å². The molecule has 1 fully saturated rings. The average molecular weight is 427 g/mol. The highest BCUT2D eigenvalue weighted by Gasteiger charge is 2.17. The molecule has 27 heavy (non-hydrogen) atoms. The summed E-state index contributed by atoms with van der Waals surface area (Å²) in [4.78, 5) is 4.57. The molecular weight excluding hydrogens is 395 g/mol. The topological polar surface area (TPSA) is 63.6 Å². The van der Waals surface area contributed by atoms with E-state index in [0.717, 1.165) is 31.7 Å². The Balaban J connectivity index is 0.00000338. The molecule has 158 valence electrons. The van der Waals surface area contributed by atoms with Gasteiger partial charge in [-0.25, -0.2) is 0 Å². The van der Waals surface area contributed by atoms with Crippen molar-refractivity contribution in [1.29, 1.82) is 0 Å². The Morgan fingerprint density at radius 3 is 2.00 bits per heavy atom. The molecule has 0 bridgehead atoms. The van der Waals surface area contributed by atoms with Crippen LogP contribution in [-0.2, 0) is 11.3 Å². The van der Waals surface area contributed by atoms with Gasteiger partial charge in [-0.15, -0.1) is 24.8 Å². The van der Waals surface area contributed by atoms with Crippen molar-refractivity contribution in [3.8, 4) is 17.2 Å². The zero-order chi connectivity index (χ0) is 18.2. The van der Waals surface area contributed by atoms with E-state index in [1.54, 1.807) is 21.3 Å². The van der Waals surface area contributed by atoms with Crippen molar-refractivity contribution >= 4 is 24.8 Å². The third-order valence-electron chi connectivity index (χ3n) is 4.37. The van der Waals surface area contributed by atoms with Crippen LogP contribution < -0.4 is 14.2 Å². The van der Waals surface area contributed by atoms with Gasteiger partial charge in [0.15, 0.2) is 11.5 Å². The summed E-state index contributed by atoms with van der Waals surface area (Å²) in [6.45, 7) is 5.36. The van der Waals surface area contributed by atoms with Crippen LogP contribution in [0.2, 0.25) is 0 Å². The molecule has 0 amide bonds. The first-order valence-electron chi connectivity index (χ1n) is 8.53. The van der Waals surface area contributed by atoms with Gasteiger partial charge in [0, 0.05) is 32.7 Å². The van der Waals surface area contributed by atoms with Gasteiger partial charge in [0.25, 0.3) is 0 Å². The molecule has 0 spiro atoms. The van der Waals surface area contributed by atoms with Gasteiger partial charge in [-0.1, -0.05) is 0 Å². The summed E-state index contributed by atoms with van der Waals surface area (Å²) < 4.78 is 21.7. The number of benzene rings is 1. The monoisotopic (exact) mass is 426 g/mol. The quantitative estimate of drug-likeness (QED) is 0.644. The second kappa shape index (κ2) is 13.3. The molecule has 1 aromatic rings. The summed E-state index contributed by atoms with van der Waals surface area (Å²) in [7, 11) is 6.86. The summed E-state index contributed by atoms with van der Waals surface area (Å²) in [5, 5.41) is 10.2. The number of hydrogen-bond donors (Lipinski definition) is 1. The van der Waals surface area contributed by atoms with E-state index >= 15 is 0 Å². The maximum Gasteiger partial charge on any atom is 0.203 e. The summed E-state index contributed by atoms with van der Waals surface area (Å²) in [6, 6.07) is 3.71. The van der Waals surface area contributed by atoms with Crippen LogP contribution in [0.1, 0.15) is 5.56 Å². The third-order valence-corrected chi connectivity index (χ3v) is 4.37. The third kappa shape index (κ3) is 7.89. The minimum atomic E-state index is -0.495. The number of aliphatic hydroxyl groups excluding tert-OH is 1. The summed E-state index contributed by atoms with van der Waals surface area (Å²) >= 11 is 0. The van der Waals surface area contributed by atoms with Crippen LogP contribution in [0.25, 0.3) is 0 Å². The van der Waals surface area contributed by atoms with Gasteiger partial charge in [0.05, 0.1) is 40.6 Å². The lowest BCUT2D eigenvalue weighted by atomic mass is 10.2. The van der Waals surface area contributed by atoms with Gasteiger partial charge >= 0.3 is 0 Å². The van der Waals surface area contributed by atoms with E-state index in [2.05, 4.69) is 16.8 Å². The maximum atomic E-state index is 10.2. The highest BCUT2D eigenvalue weighted by atomic mass is 35.5. The number of methoxy groups -OCH3 is 3. The van der Waals surface area contributed by atoms with Crippen molar-refractivity contribution < 1.29 is 24.1 Å². The molecule has 1 heterocycles. The van der Waals surface area contributed by atoms with E-state index in [0.29, 0.717) is 37.0 Å². The van der Waals surface area contributed by atoms with Gasteiger partial charge in [-0.3, -0.25) is 4.90 Å². The van der Waals surface area contributed by atoms with Crippen LogP contribution in [0.4, 0.5) is 0 Å². The van der Waals surface area contributed by atoms with Crippen molar-refractivity contribution in [1.82, 2.24) is 9.80 Å². The molecule has 1 aromatic carbocycles. The van der Waals surface area contributed by atoms with Crippen molar-refractivity contribution in [2.75, 3.05) is 67.7 Å². The Labute approximate surface area is 174 Å². The van der Waals surface area contributed by atoms with Gasteiger partial charge in [0.1, 0.15) is 0 Å². The second-order valence-corrected chi connectivity index (χ2v) is 6.31. The molecule has 1 aliphatic heterocycles. The summed E-state index contributed by atoms with van der Waals surface area (Å²) in [5.41, 5.74) is 0.904. The van der Waals surface area contributed by atoms with Crippen molar-refractivity contribution in [3.05, 3.63) is 17.7 Å². The molecule has 9 heteroatoms. The number of nitrogens with zero attached hydrogens (tertiary/aromatic N) is 2. The summed E-state index contributed by atoms with van der Waals surface area (Å²) in [6.07, 6.45) is -0.495. The zero-order valence-corrected chi connectivity index (χ0v) is 18.1. The largest absolute Gasteiger partial charge is 0.493 e. The molecule has 1 atom stereocenters. The van der Waals surface area contributed by atoms with E-state index in [-0.39, 0.29) is 24.8 Å². The van der Waals surface area contributed by atoms with Crippen LogP contribution in [0.15, 0.2) is 12.1 Å². The Bertz CT molecular complexity index is 517. The second-order valence-electron chi connectivity index (χ2n) is 6.31. The zero-order valence-electron chi connectivity index (χ0n) is 16.5. The maximum absolute atomic E-state index is 10.2. The first-order chi connectivity index (χ1) is 12.1. The predicted molar refractivity (Wildman–Crippen MR) is 110 cm³/mol. The number of aliphatic hydroxyl groups is 1. The molecule has 7 nitrogen and oxygen atoms in total. The number of rotatable bonds is 9. The molecule has 0 aromatic heterocycles. The number of likely N-dealkylation sites (N-methyl/N-ethyl adjacent to an activating group) is 1. The standard InChI is InChI=1S/C18H30N2O5.2ClH/c1-19-5-7-20(8-6-19)11-15(21)13-25-12-14-9-16(22-2)18(24-4)17(10-14)23-3;;/h9-10,15,21H,5-8,11-13H2,1-4H3;2*1H. The fraction of sp³-hybridized carbons (Fsp3) is 0.667. The molecule has 0 aliphatic carbocycles. The summed E-state index contributed by atoms with van der Waals surface area (Å²) in [5.74, 6) is 1.75. The minimum Gasteiger partial charge on any atom is -0.493 e. The van der Waals surface area contributed by atoms with E-state index < -0.39 is 6.10 Å². The van der Waals surface area contributed by atoms with E-state index in [1.807, 2.05) is 12.1 Å². The number of β-amino-alcohol motifs (C(OH)–C–C–N with tert-alkyl or cyclic N) is 1. The van der Waals surface area contributed by atoms with E-state index in [9.17, 15) is 5.11 Å². The number of ether oxygens (including phenoxy) is 4. The normalized spacial score (nSPS) is 16.0. The lowest BCUT2D eigenvalue weighted by molar-refractivity contribution is 0.00289. The van der Waals surface area contributed by atoms with Gasteiger partial charge in [-0.05, 0) is 24.7 Å². The molecule has 2 rings (SSSR count). The highest BCUT2D eigenvalue weighted by Crippen LogP contribution is 2.38. The Morgan fingerprint density at radius 2 is 1.52 bits per heavy atom. The number of piperazine rings is 1. The van der Waals surface area contributed by atoms with Crippen LogP contribution in [-0.4, -0.2) is 88.7 Å². The van der Waals surface area contributed by atoms with E-state index in [1.165, 1.54) is 0 Å². The van der Waals surface area contributed by atoms with E-state index in [4.69, 9.17) is 18.9 Å². The molecule has 0 saturated carbocycles. The number of halogens is 2. The SMILES string of the molecule is COc1cc(COCC(O)CN2CCN(C)CC2)cc(OC)c1OC.Cl.Cl. The van der Waals surface area contributed by atoms with Gasteiger partial charge in [-0.2, -0.15) is 0 Å². The van der Waals surface area contributed by atoms with Gasteiger partial charge < -0.3 is 29.0 Å². The highest BCUT2D eigenvalue weighted by molar-refractivity contribution is 5.85. The molecule has 1 unspecified atom stereocenters. The van der Waals surface area contributed by atoms with Crippen molar-refractivity contribution in [2.24, 2.45) is 0 Å². The molecular formula is C18H32Cl2N2O5. The average Bonchev–Trinajstić information content (AvgIpc) is 2.62.